The van der Waals surface area contributed by atoms with Crippen molar-refractivity contribution in [2.45, 2.75) is 33.7 Å². The molecular formula is C30H29N3O4S. The average molecular weight is 528 g/mol. The van der Waals surface area contributed by atoms with Crippen molar-refractivity contribution in [1.29, 1.82) is 0 Å². The molecule has 0 spiro atoms. The third kappa shape index (κ3) is 4.20. The standard InChI is InChI=1S/C30H29N3O4S/c1-17-14-21(19(3)32(17)22-10-8-7-9-11-22)15-26-29(35)33-28(24-13-12-23(36-5)16-25(24)37-6)27(20(4)34)18(2)31-30(33)38-26/h7-16,28H,1-6H3/b26-15+/t28-/m1/s1. The number of hydrogen-bond acceptors (Lipinski definition) is 6. The average Bonchev–Trinajstić information content (AvgIpc) is 3.36. The van der Waals surface area contributed by atoms with Crippen molar-refractivity contribution >= 4 is 23.2 Å². The Kier molecular flexibility index (Phi) is 6.67. The van der Waals surface area contributed by atoms with Gasteiger partial charge in [-0.15, -0.1) is 0 Å². The topological polar surface area (TPSA) is 74.8 Å². The Balaban J connectivity index is 1.73. The van der Waals surface area contributed by atoms with Crippen LogP contribution in [0, 0.1) is 13.8 Å². The van der Waals surface area contributed by atoms with Crippen molar-refractivity contribution in [2.75, 3.05) is 14.2 Å². The molecule has 0 saturated carbocycles. The number of aromatic nitrogens is 2. The Labute approximate surface area is 224 Å². The molecule has 5 rings (SSSR count). The third-order valence-electron chi connectivity index (χ3n) is 6.91. The molecule has 3 heterocycles. The van der Waals surface area contributed by atoms with Crippen LogP contribution in [0.2, 0.25) is 0 Å². The fourth-order valence-corrected chi connectivity index (χ4v) is 6.20. The van der Waals surface area contributed by atoms with E-state index in [0.717, 1.165) is 22.6 Å². The van der Waals surface area contributed by atoms with Crippen molar-refractivity contribution in [3.05, 3.63) is 108 Å². The first kappa shape index (κ1) is 25.5. The molecule has 0 fully saturated rings. The molecule has 1 aliphatic rings. The first-order valence-corrected chi connectivity index (χ1v) is 13.1. The first-order chi connectivity index (χ1) is 18.2. The van der Waals surface area contributed by atoms with Gasteiger partial charge < -0.3 is 14.0 Å². The zero-order chi connectivity index (χ0) is 27.1. The molecule has 38 heavy (non-hydrogen) atoms. The van der Waals surface area contributed by atoms with Gasteiger partial charge in [-0.3, -0.25) is 14.2 Å². The number of fused-ring (bicyclic) bond motifs is 1. The first-order valence-electron chi connectivity index (χ1n) is 12.2. The lowest BCUT2D eigenvalue weighted by molar-refractivity contribution is -0.114. The number of rotatable bonds is 6. The summed E-state index contributed by atoms with van der Waals surface area (Å²) in [5.74, 6) is 1.01. The Morgan fingerprint density at radius 2 is 1.76 bits per heavy atom. The maximum atomic E-state index is 13.9. The molecule has 4 aromatic rings. The number of carbonyl (C=O) groups excluding carboxylic acids is 1. The van der Waals surface area contributed by atoms with Crippen LogP contribution in [0.5, 0.6) is 11.5 Å². The maximum absolute atomic E-state index is 13.9. The Morgan fingerprint density at radius 3 is 2.42 bits per heavy atom. The van der Waals surface area contributed by atoms with Gasteiger partial charge in [0.05, 0.1) is 24.8 Å². The molecule has 0 bridgehead atoms. The molecule has 1 atom stereocenters. The smallest absolute Gasteiger partial charge is 0.271 e. The molecule has 0 N–H and O–H groups in total. The molecule has 0 amide bonds. The summed E-state index contributed by atoms with van der Waals surface area (Å²) in [7, 11) is 3.14. The molecular weight excluding hydrogens is 498 g/mol. The van der Waals surface area contributed by atoms with E-state index in [2.05, 4.69) is 34.7 Å². The van der Waals surface area contributed by atoms with E-state index >= 15 is 0 Å². The van der Waals surface area contributed by atoms with Crippen molar-refractivity contribution in [3.8, 4) is 17.2 Å². The van der Waals surface area contributed by atoms with E-state index in [4.69, 9.17) is 9.47 Å². The number of Topliss-reactive ketones (excluding diaryl/α,β-unsaturated/α-hetero) is 1. The van der Waals surface area contributed by atoms with Crippen LogP contribution in [0.3, 0.4) is 0 Å². The van der Waals surface area contributed by atoms with Gasteiger partial charge in [-0.1, -0.05) is 29.5 Å². The van der Waals surface area contributed by atoms with Crippen molar-refractivity contribution < 1.29 is 14.3 Å². The van der Waals surface area contributed by atoms with Gasteiger partial charge >= 0.3 is 0 Å². The molecule has 1 aliphatic heterocycles. The van der Waals surface area contributed by atoms with Crippen LogP contribution in [0.4, 0.5) is 0 Å². The summed E-state index contributed by atoms with van der Waals surface area (Å²) in [6.45, 7) is 7.42. The number of ether oxygens (including phenoxy) is 2. The van der Waals surface area contributed by atoms with Crippen molar-refractivity contribution in [1.82, 2.24) is 9.13 Å². The summed E-state index contributed by atoms with van der Waals surface area (Å²) >= 11 is 1.32. The van der Waals surface area contributed by atoms with Crippen LogP contribution >= 0.6 is 11.3 Å². The molecule has 0 unspecified atom stereocenters. The highest BCUT2D eigenvalue weighted by Gasteiger charge is 2.32. The number of carbonyl (C=O) groups is 1. The van der Waals surface area contributed by atoms with Crippen molar-refractivity contribution in [2.24, 2.45) is 4.99 Å². The molecule has 0 saturated heterocycles. The third-order valence-corrected chi connectivity index (χ3v) is 7.89. The highest BCUT2D eigenvalue weighted by atomic mass is 32.1. The minimum atomic E-state index is -0.663. The van der Waals surface area contributed by atoms with E-state index in [0.29, 0.717) is 37.7 Å². The number of ketones is 1. The molecule has 2 aromatic carbocycles. The van der Waals surface area contributed by atoms with Crippen LogP contribution in [0.25, 0.3) is 11.8 Å². The number of thiazole rings is 1. The SMILES string of the molecule is COc1ccc([C@@H]2C(C(C)=O)=C(C)N=c3s/c(=C/c4cc(C)n(-c5ccccc5)c4C)c(=O)n32)c(OC)c1. The summed E-state index contributed by atoms with van der Waals surface area (Å²) in [5.41, 5.74) is 5.69. The zero-order valence-electron chi connectivity index (χ0n) is 22.2. The molecule has 0 radical (unpaired) electrons. The van der Waals surface area contributed by atoms with Crippen LogP contribution in [0.15, 0.2) is 75.7 Å². The monoisotopic (exact) mass is 527 g/mol. The highest BCUT2D eigenvalue weighted by molar-refractivity contribution is 7.07. The highest BCUT2D eigenvalue weighted by Crippen LogP contribution is 2.37. The van der Waals surface area contributed by atoms with Crippen molar-refractivity contribution in [3.63, 3.8) is 0 Å². The lowest BCUT2D eigenvalue weighted by Gasteiger charge is -2.26. The lowest BCUT2D eigenvalue weighted by atomic mass is 9.92. The Bertz CT molecular complexity index is 1770. The largest absolute Gasteiger partial charge is 0.497 e. The van der Waals surface area contributed by atoms with E-state index in [-0.39, 0.29) is 11.3 Å². The van der Waals surface area contributed by atoms with Crippen LogP contribution in [-0.2, 0) is 4.79 Å². The second kappa shape index (κ2) is 9.95. The van der Waals surface area contributed by atoms with E-state index in [1.807, 2.05) is 44.2 Å². The Morgan fingerprint density at radius 1 is 1.03 bits per heavy atom. The predicted molar refractivity (Wildman–Crippen MR) is 149 cm³/mol. The molecule has 8 heteroatoms. The van der Waals surface area contributed by atoms with Crippen LogP contribution < -0.4 is 24.4 Å². The van der Waals surface area contributed by atoms with Gasteiger partial charge in [0.1, 0.15) is 11.5 Å². The second-order valence-corrected chi connectivity index (χ2v) is 10.3. The van der Waals surface area contributed by atoms with E-state index in [1.54, 1.807) is 30.9 Å². The van der Waals surface area contributed by atoms with Gasteiger partial charge in [-0.25, -0.2) is 4.99 Å². The lowest BCUT2D eigenvalue weighted by Crippen LogP contribution is -2.39. The fraction of sp³-hybridized carbons (Fsp3) is 0.233. The zero-order valence-corrected chi connectivity index (χ0v) is 23.1. The van der Waals surface area contributed by atoms with Gasteiger partial charge in [0, 0.05) is 40.0 Å². The number of allylic oxidation sites excluding steroid dienone is 2. The number of methoxy groups -OCH3 is 2. The van der Waals surface area contributed by atoms with Gasteiger partial charge in [-0.2, -0.15) is 0 Å². The van der Waals surface area contributed by atoms with Gasteiger partial charge in [0.15, 0.2) is 10.6 Å². The van der Waals surface area contributed by atoms with Gasteiger partial charge in [-0.05, 0) is 69.7 Å². The van der Waals surface area contributed by atoms with Crippen LogP contribution in [-0.4, -0.2) is 29.1 Å². The number of nitrogens with zero attached hydrogens (tertiary/aromatic N) is 3. The minimum Gasteiger partial charge on any atom is -0.497 e. The summed E-state index contributed by atoms with van der Waals surface area (Å²) in [6, 6.07) is 17.0. The predicted octanol–water partition coefficient (Wildman–Crippen LogP) is 4.25. The number of aryl methyl sites for hydroxylation is 1. The molecule has 2 aromatic heterocycles. The molecule has 0 aliphatic carbocycles. The number of hydrogen-bond donors (Lipinski definition) is 0. The normalized spacial score (nSPS) is 15.3. The summed E-state index contributed by atoms with van der Waals surface area (Å²) in [6.07, 6.45) is 1.92. The Hall–Kier alpha value is -4.17. The number of benzene rings is 2. The summed E-state index contributed by atoms with van der Waals surface area (Å²) in [5, 5.41) is 0. The second-order valence-electron chi connectivity index (χ2n) is 9.24. The summed E-state index contributed by atoms with van der Waals surface area (Å²) in [4.78, 5) is 32.0. The van der Waals surface area contributed by atoms with Crippen LogP contribution in [0.1, 0.15) is 42.4 Å². The molecule has 194 valence electrons. The molecule has 7 nitrogen and oxygen atoms in total. The quantitative estimate of drug-likeness (QED) is 0.376. The van der Waals surface area contributed by atoms with Gasteiger partial charge in [0.25, 0.3) is 5.56 Å². The summed E-state index contributed by atoms with van der Waals surface area (Å²) < 4.78 is 15.4. The van der Waals surface area contributed by atoms with Gasteiger partial charge in [0.2, 0.25) is 0 Å². The minimum absolute atomic E-state index is 0.144. The fourth-order valence-electron chi connectivity index (χ4n) is 5.16. The van der Waals surface area contributed by atoms with E-state index in [9.17, 15) is 9.59 Å². The maximum Gasteiger partial charge on any atom is 0.271 e. The van der Waals surface area contributed by atoms with E-state index < -0.39 is 6.04 Å². The van der Waals surface area contributed by atoms with E-state index in [1.165, 1.54) is 18.3 Å². The number of para-hydroxylation sites is 1.